The van der Waals surface area contributed by atoms with Gasteiger partial charge in [-0.15, -0.1) is 0 Å². The molecule has 13 heavy (non-hydrogen) atoms. The van der Waals surface area contributed by atoms with Gasteiger partial charge in [-0.2, -0.15) is 0 Å². The van der Waals surface area contributed by atoms with Crippen molar-refractivity contribution in [3.8, 4) is 0 Å². The third kappa shape index (κ3) is 2.86. The maximum Gasteiger partial charge on any atom is 0.0206 e. The largest absolute Gasteiger partial charge is 0.308 e. The van der Waals surface area contributed by atoms with Crippen LogP contribution in [0.15, 0.2) is 41.5 Å². The molecule has 0 bridgehead atoms. The summed E-state index contributed by atoms with van der Waals surface area (Å²) >= 11 is 0. The molecule has 0 aromatic heterocycles. The average molecular weight is 173 g/mol. The monoisotopic (exact) mass is 173 g/mol. The minimum absolute atomic E-state index is 0.946. The zero-order chi connectivity index (χ0) is 9.68. The third-order valence-corrected chi connectivity index (χ3v) is 2.20. The van der Waals surface area contributed by atoms with Crippen LogP contribution in [0.5, 0.6) is 0 Å². The van der Waals surface area contributed by atoms with E-state index in [1.165, 1.54) is 17.4 Å². The average Bonchev–Trinajstić information content (AvgIpc) is 2.18. The second-order valence-electron chi connectivity index (χ2n) is 3.27. The highest BCUT2D eigenvalue weighted by Crippen LogP contribution is 2.09. The summed E-state index contributed by atoms with van der Waals surface area (Å²) in [5.41, 5.74) is 3.63. The number of nitrogens with one attached hydrogen (secondary N) is 1. The van der Waals surface area contributed by atoms with Crippen molar-refractivity contribution >= 4 is 6.21 Å². The van der Waals surface area contributed by atoms with E-state index in [1.807, 2.05) is 25.1 Å². The van der Waals surface area contributed by atoms with Gasteiger partial charge in [0.1, 0.15) is 0 Å². The van der Waals surface area contributed by atoms with Gasteiger partial charge in [0.25, 0.3) is 0 Å². The zero-order valence-electron chi connectivity index (χ0n) is 8.17. The summed E-state index contributed by atoms with van der Waals surface area (Å²) in [5.74, 6) is 0. The van der Waals surface area contributed by atoms with Crippen molar-refractivity contribution in [2.75, 3.05) is 0 Å². The first-order valence-corrected chi connectivity index (χ1v) is 4.45. The Balaban J connectivity index is 2.76. The van der Waals surface area contributed by atoms with Crippen LogP contribution < -0.4 is 0 Å². The second-order valence-corrected chi connectivity index (χ2v) is 3.27. The molecule has 0 aliphatic carbocycles. The lowest BCUT2D eigenvalue weighted by Crippen LogP contribution is -1.90. The Bertz CT molecular complexity index is 309. The van der Waals surface area contributed by atoms with E-state index in [0.717, 1.165) is 12.0 Å². The summed E-state index contributed by atoms with van der Waals surface area (Å²) in [6.45, 7) is 4.05. The molecule has 0 saturated carbocycles. The number of hydrogen-bond donors (Lipinski definition) is 1. The summed E-state index contributed by atoms with van der Waals surface area (Å²) in [5, 5.41) is 7.12. The van der Waals surface area contributed by atoms with Crippen LogP contribution >= 0.6 is 0 Å². The molecule has 0 amide bonds. The van der Waals surface area contributed by atoms with Crippen molar-refractivity contribution in [2.45, 2.75) is 20.3 Å². The number of rotatable bonds is 3. The van der Waals surface area contributed by atoms with Crippen molar-refractivity contribution in [1.29, 1.82) is 5.41 Å². The molecule has 68 valence electrons. The van der Waals surface area contributed by atoms with Gasteiger partial charge in [0.05, 0.1) is 0 Å². The van der Waals surface area contributed by atoms with Gasteiger partial charge in [-0.05, 0) is 31.4 Å². The molecule has 1 aromatic rings. The summed E-state index contributed by atoms with van der Waals surface area (Å²) in [7, 11) is 0. The second kappa shape index (κ2) is 4.61. The van der Waals surface area contributed by atoms with Crippen molar-refractivity contribution in [2.24, 2.45) is 0 Å². The van der Waals surface area contributed by atoms with Crippen molar-refractivity contribution in [3.63, 3.8) is 0 Å². The maximum atomic E-state index is 7.12. The highest BCUT2D eigenvalue weighted by Gasteiger charge is 1.95. The Hall–Kier alpha value is -1.37. The van der Waals surface area contributed by atoms with Crippen molar-refractivity contribution in [1.82, 2.24) is 0 Å². The molecular weight excluding hydrogens is 158 g/mol. The topological polar surface area (TPSA) is 23.9 Å². The summed E-state index contributed by atoms with van der Waals surface area (Å²) < 4.78 is 0. The molecule has 1 rings (SSSR count). The molecule has 0 spiro atoms. The fourth-order valence-electron chi connectivity index (χ4n) is 1.16. The first-order chi connectivity index (χ1) is 6.24. The third-order valence-electron chi connectivity index (χ3n) is 2.20. The predicted octanol–water partition coefficient (Wildman–Crippen LogP) is 3.22. The van der Waals surface area contributed by atoms with E-state index in [-0.39, 0.29) is 0 Å². The van der Waals surface area contributed by atoms with Gasteiger partial charge >= 0.3 is 0 Å². The molecule has 1 aromatic carbocycles. The highest BCUT2D eigenvalue weighted by atomic mass is 14.3. The Labute approximate surface area is 79.6 Å². The van der Waals surface area contributed by atoms with E-state index >= 15 is 0 Å². The molecule has 0 atom stereocenters. The van der Waals surface area contributed by atoms with Crippen molar-refractivity contribution < 1.29 is 0 Å². The zero-order valence-corrected chi connectivity index (χ0v) is 8.17. The fraction of sp³-hybridized carbons (Fsp3) is 0.250. The van der Waals surface area contributed by atoms with Gasteiger partial charge in [0.15, 0.2) is 0 Å². The summed E-state index contributed by atoms with van der Waals surface area (Å²) in [4.78, 5) is 0. The quantitative estimate of drug-likeness (QED) is 0.679. The van der Waals surface area contributed by atoms with Gasteiger partial charge in [-0.3, -0.25) is 0 Å². The predicted molar refractivity (Wildman–Crippen MR) is 57.3 cm³/mol. The minimum atomic E-state index is 0.946. The van der Waals surface area contributed by atoms with Crippen LogP contribution in [-0.2, 0) is 6.42 Å². The lowest BCUT2D eigenvalue weighted by molar-refractivity contribution is 1.12. The minimum Gasteiger partial charge on any atom is -0.308 e. The Morgan fingerprint density at radius 2 is 1.85 bits per heavy atom. The van der Waals surface area contributed by atoms with E-state index in [0.29, 0.717) is 0 Å². The summed E-state index contributed by atoms with van der Waals surface area (Å²) in [6, 6.07) is 10.3. The Morgan fingerprint density at radius 1 is 1.23 bits per heavy atom. The van der Waals surface area contributed by atoms with Gasteiger partial charge in [-0.1, -0.05) is 35.9 Å². The molecule has 1 N–H and O–H groups in total. The number of allylic oxidation sites excluding steroid dienone is 2. The van der Waals surface area contributed by atoms with E-state index < -0.39 is 0 Å². The van der Waals surface area contributed by atoms with Crippen LogP contribution in [0.3, 0.4) is 0 Å². The SMILES string of the molecule is C/C(C=N)=C(\C)Cc1ccccc1. The normalized spacial score (nSPS) is 12.2. The van der Waals surface area contributed by atoms with Crippen molar-refractivity contribution in [3.05, 3.63) is 47.0 Å². The lowest BCUT2D eigenvalue weighted by Gasteiger charge is -2.03. The van der Waals surface area contributed by atoms with Crippen LogP contribution in [0.25, 0.3) is 0 Å². The van der Waals surface area contributed by atoms with Crippen LogP contribution in [0.4, 0.5) is 0 Å². The van der Waals surface area contributed by atoms with Gasteiger partial charge < -0.3 is 5.41 Å². The van der Waals surface area contributed by atoms with E-state index in [9.17, 15) is 0 Å². The van der Waals surface area contributed by atoms with E-state index in [2.05, 4.69) is 19.1 Å². The van der Waals surface area contributed by atoms with Gasteiger partial charge in [0.2, 0.25) is 0 Å². The fourth-order valence-corrected chi connectivity index (χ4v) is 1.16. The summed E-state index contributed by atoms with van der Waals surface area (Å²) in [6.07, 6.45) is 2.36. The molecule has 1 heteroatoms. The molecule has 0 fully saturated rings. The molecular formula is C12H15N. The Morgan fingerprint density at radius 3 is 2.38 bits per heavy atom. The van der Waals surface area contributed by atoms with Crippen LogP contribution in [0.2, 0.25) is 0 Å². The molecule has 0 aliphatic rings. The van der Waals surface area contributed by atoms with E-state index in [4.69, 9.17) is 5.41 Å². The Kier molecular flexibility index (Phi) is 3.44. The lowest BCUT2D eigenvalue weighted by atomic mass is 10.0. The molecule has 0 aliphatic heterocycles. The van der Waals surface area contributed by atoms with E-state index in [1.54, 1.807) is 0 Å². The first-order valence-electron chi connectivity index (χ1n) is 4.45. The molecule has 1 nitrogen and oxygen atoms in total. The first kappa shape index (κ1) is 9.72. The highest BCUT2D eigenvalue weighted by molar-refractivity contribution is 5.76. The molecule has 0 radical (unpaired) electrons. The molecule has 0 saturated heterocycles. The number of hydrogen-bond acceptors (Lipinski definition) is 1. The van der Waals surface area contributed by atoms with Crippen LogP contribution in [0.1, 0.15) is 19.4 Å². The van der Waals surface area contributed by atoms with Crippen LogP contribution in [-0.4, -0.2) is 6.21 Å². The molecule has 0 unspecified atom stereocenters. The van der Waals surface area contributed by atoms with Crippen LogP contribution in [0, 0.1) is 5.41 Å². The smallest absolute Gasteiger partial charge is 0.0206 e. The van der Waals surface area contributed by atoms with Gasteiger partial charge in [0, 0.05) is 6.21 Å². The number of benzene rings is 1. The molecule has 0 heterocycles. The standard InChI is InChI=1S/C12H15N/c1-10(11(2)9-13)8-12-6-4-3-5-7-12/h3-7,9,13H,8H2,1-2H3/b11-10-,13-9?. The van der Waals surface area contributed by atoms with Gasteiger partial charge in [-0.25, -0.2) is 0 Å². The maximum absolute atomic E-state index is 7.12.